The van der Waals surface area contributed by atoms with E-state index in [4.69, 9.17) is 5.73 Å². The van der Waals surface area contributed by atoms with Crippen LogP contribution in [0.5, 0.6) is 0 Å². The van der Waals surface area contributed by atoms with Gasteiger partial charge in [-0.1, -0.05) is 13.3 Å². The summed E-state index contributed by atoms with van der Waals surface area (Å²) in [5.41, 5.74) is 7.38. The highest BCUT2D eigenvalue weighted by Crippen LogP contribution is 2.25. The van der Waals surface area contributed by atoms with Gasteiger partial charge in [0.15, 0.2) is 0 Å². The Balaban J connectivity index is 2.77. The third-order valence-electron chi connectivity index (χ3n) is 2.96. The average Bonchev–Trinajstić information content (AvgIpc) is 2.79. The van der Waals surface area contributed by atoms with Crippen LogP contribution < -0.4 is 5.73 Å². The highest BCUT2D eigenvalue weighted by Gasteiger charge is 2.23. The summed E-state index contributed by atoms with van der Waals surface area (Å²) < 4.78 is 0. The molecule has 0 amide bonds. The molecule has 1 aromatic rings. The summed E-state index contributed by atoms with van der Waals surface area (Å²) in [6.45, 7) is 6.11. The van der Waals surface area contributed by atoms with Crippen LogP contribution in [0.15, 0.2) is 16.8 Å². The monoisotopic (exact) mass is 256 g/mol. The van der Waals surface area contributed by atoms with E-state index in [1.807, 2.05) is 6.92 Å². The Labute approximate surface area is 108 Å². The van der Waals surface area contributed by atoms with Gasteiger partial charge < -0.3 is 10.8 Å². The predicted molar refractivity (Wildman–Crippen MR) is 74.3 cm³/mol. The van der Waals surface area contributed by atoms with E-state index in [0.717, 1.165) is 19.4 Å². The number of nitrogens with zero attached hydrogens (tertiary/aromatic N) is 1. The highest BCUT2D eigenvalue weighted by molar-refractivity contribution is 7.07. The van der Waals surface area contributed by atoms with Crippen LogP contribution in [0.3, 0.4) is 0 Å². The van der Waals surface area contributed by atoms with E-state index in [1.54, 1.807) is 11.3 Å². The molecule has 0 aromatic carbocycles. The van der Waals surface area contributed by atoms with E-state index >= 15 is 0 Å². The molecule has 0 aliphatic heterocycles. The summed E-state index contributed by atoms with van der Waals surface area (Å²) in [7, 11) is 0. The van der Waals surface area contributed by atoms with E-state index < -0.39 is 0 Å². The molecule has 0 saturated carbocycles. The van der Waals surface area contributed by atoms with Crippen molar-refractivity contribution in [3.8, 4) is 0 Å². The van der Waals surface area contributed by atoms with Gasteiger partial charge in [0.25, 0.3) is 0 Å². The standard InChI is InChI=1S/C13H24N2OS/c1-3-4-6-15(7-8-16)13(11(2)14)12-5-9-17-10-12/h5,9-11,13,16H,3-4,6-8,14H2,1-2H3. The minimum absolute atomic E-state index is 0.0769. The third-order valence-corrected chi connectivity index (χ3v) is 3.66. The number of rotatable bonds is 8. The first-order valence-electron chi connectivity index (χ1n) is 6.33. The van der Waals surface area contributed by atoms with Crippen molar-refractivity contribution in [2.75, 3.05) is 19.7 Å². The van der Waals surface area contributed by atoms with Crippen molar-refractivity contribution in [1.29, 1.82) is 0 Å². The Bertz CT molecular complexity index is 288. The summed E-state index contributed by atoms with van der Waals surface area (Å²) in [4.78, 5) is 2.30. The van der Waals surface area contributed by atoms with E-state index in [2.05, 4.69) is 28.7 Å². The first-order chi connectivity index (χ1) is 8.20. The molecule has 0 aliphatic rings. The van der Waals surface area contributed by atoms with Crippen molar-refractivity contribution in [2.45, 2.75) is 38.8 Å². The van der Waals surface area contributed by atoms with Crippen molar-refractivity contribution in [2.24, 2.45) is 5.73 Å². The van der Waals surface area contributed by atoms with E-state index in [9.17, 15) is 5.11 Å². The average molecular weight is 256 g/mol. The Morgan fingerprint density at radius 3 is 2.71 bits per heavy atom. The molecule has 4 heteroatoms. The summed E-state index contributed by atoms with van der Waals surface area (Å²) in [6.07, 6.45) is 2.31. The fourth-order valence-electron chi connectivity index (χ4n) is 2.17. The number of unbranched alkanes of at least 4 members (excludes halogenated alkanes) is 1. The topological polar surface area (TPSA) is 49.5 Å². The van der Waals surface area contributed by atoms with E-state index in [1.165, 1.54) is 5.56 Å². The van der Waals surface area contributed by atoms with Gasteiger partial charge in [-0.3, -0.25) is 4.90 Å². The maximum atomic E-state index is 9.18. The molecule has 3 nitrogen and oxygen atoms in total. The Kier molecular flexibility index (Phi) is 6.73. The zero-order chi connectivity index (χ0) is 12.7. The molecular weight excluding hydrogens is 232 g/mol. The van der Waals surface area contributed by atoms with E-state index in [0.29, 0.717) is 6.54 Å². The fourth-order valence-corrected chi connectivity index (χ4v) is 2.86. The minimum atomic E-state index is 0.0769. The SMILES string of the molecule is CCCCN(CCO)C(c1ccsc1)C(C)N. The number of hydrogen-bond donors (Lipinski definition) is 2. The highest BCUT2D eigenvalue weighted by atomic mass is 32.1. The van der Waals surface area contributed by atoms with Crippen LogP contribution >= 0.6 is 11.3 Å². The van der Waals surface area contributed by atoms with Gasteiger partial charge >= 0.3 is 0 Å². The normalized spacial score (nSPS) is 15.1. The van der Waals surface area contributed by atoms with Gasteiger partial charge in [0.2, 0.25) is 0 Å². The van der Waals surface area contributed by atoms with Gasteiger partial charge in [-0.05, 0) is 42.3 Å². The molecule has 0 bridgehead atoms. The van der Waals surface area contributed by atoms with Crippen LogP contribution in [0, 0.1) is 0 Å². The lowest BCUT2D eigenvalue weighted by Gasteiger charge is -2.33. The van der Waals surface area contributed by atoms with Crippen LogP contribution in [0.4, 0.5) is 0 Å². The van der Waals surface area contributed by atoms with Crippen LogP contribution in [-0.2, 0) is 0 Å². The molecule has 3 N–H and O–H groups in total. The second kappa shape index (κ2) is 7.82. The molecule has 0 fully saturated rings. The van der Waals surface area contributed by atoms with Gasteiger partial charge in [-0.2, -0.15) is 11.3 Å². The molecular formula is C13H24N2OS. The lowest BCUT2D eigenvalue weighted by molar-refractivity contribution is 0.135. The summed E-state index contributed by atoms with van der Waals surface area (Å²) in [5, 5.41) is 13.4. The maximum absolute atomic E-state index is 9.18. The number of nitrogens with two attached hydrogens (primary N) is 1. The van der Waals surface area contributed by atoms with E-state index in [-0.39, 0.29) is 18.7 Å². The molecule has 2 atom stereocenters. The maximum Gasteiger partial charge on any atom is 0.0558 e. The summed E-state index contributed by atoms with van der Waals surface area (Å²) in [6, 6.07) is 2.43. The Hall–Kier alpha value is -0.420. The molecule has 0 radical (unpaired) electrons. The third kappa shape index (κ3) is 4.39. The number of aliphatic hydroxyl groups is 1. The van der Waals surface area contributed by atoms with Crippen LogP contribution in [0.2, 0.25) is 0 Å². The Morgan fingerprint density at radius 1 is 1.47 bits per heavy atom. The Morgan fingerprint density at radius 2 is 2.24 bits per heavy atom. The van der Waals surface area contributed by atoms with Gasteiger partial charge in [-0.25, -0.2) is 0 Å². The van der Waals surface area contributed by atoms with Crippen LogP contribution in [0.1, 0.15) is 38.3 Å². The molecule has 0 saturated heterocycles. The van der Waals surface area contributed by atoms with Crippen LogP contribution in [-0.4, -0.2) is 35.7 Å². The van der Waals surface area contributed by atoms with Crippen molar-refractivity contribution in [3.63, 3.8) is 0 Å². The summed E-state index contributed by atoms with van der Waals surface area (Å²) >= 11 is 1.70. The lowest BCUT2D eigenvalue weighted by atomic mass is 10.0. The smallest absolute Gasteiger partial charge is 0.0558 e. The fraction of sp³-hybridized carbons (Fsp3) is 0.692. The number of thiophene rings is 1. The second-order valence-electron chi connectivity index (χ2n) is 4.47. The number of hydrogen-bond acceptors (Lipinski definition) is 4. The molecule has 2 unspecified atom stereocenters. The first kappa shape index (κ1) is 14.6. The van der Waals surface area contributed by atoms with Crippen molar-refractivity contribution in [3.05, 3.63) is 22.4 Å². The van der Waals surface area contributed by atoms with Gasteiger partial charge in [0.05, 0.1) is 12.6 Å². The van der Waals surface area contributed by atoms with Crippen molar-refractivity contribution >= 4 is 11.3 Å². The van der Waals surface area contributed by atoms with Gasteiger partial charge in [-0.15, -0.1) is 0 Å². The second-order valence-corrected chi connectivity index (χ2v) is 5.25. The predicted octanol–water partition coefficient (Wildman–Crippen LogP) is 2.23. The van der Waals surface area contributed by atoms with Crippen LogP contribution in [0.25, 0.3) is 0 Å². The lowest BCUT2D eigenvalue weighted by Crippen LogP contribution is -2.41. The molecule has 98 valence electrons. The minimum Gasteiger partial charge on any atom is -0.395 e. The van der Waals surface area contributed by atoms with Crippen molar-refractivity contribution < 1.29 is 5.11 Å². The molecule has 1 rings (SSSR count). The zero-order valence-electron chi connectivity index (χ0n) is 10.8. The molecule has 0 aliphatic carbocycles. The molecule has 17 heavy (non-hydrogen) atoms. The molecule has 1 aromatic heterocycles. The summed E-state index contributed by atoms with van der Waals surface area (Å²) in [5.74, 6) is 0. The van der Waals surface area contributed by atoms with Gasteiger partial charge in [0, 0.05) is 12.6 Å². The molecule has 1 heterocycles. The number of aliphatic hydroxyl groups excluding tert-OH is 1. The van der Waals surface area contributed by atoms with Crippen molar-refractivity contribution in [1.82, 2.24) is 4.90 Å². The van der Waals surface area contributed by atoms with Gasteiger partial charge in [0.1, 0.15) is 0 Å². The largest absolute Gasteiger partial charge is 0.395 e. The first-order valence-corrected chi connectivity index (χ1v) is 7.27. The molecule has 0 spiro atoms. The zero-order valence-corrected chi connectivity index (χ0v) is 11.6. The quantitative estimate of drug-likeness (QED) is 0.750.